The zero-order valence-corrected chi connectivity index (χ0v) is 14.6. The maximum Gasteiger partial charge on any atom is 0.266 e. The molecule has 0 atom stereocenters. The molecule has 0 aliphatic rings. The first-order valence-electron chi connectivity index (χ1n) is 6.44. The van der Waals surface area contributed by atoms with E-state index in [4.69, 9.17) is 0 Å². The van der Waals surface area contributed by atoms with Crippen LogP contribution in [0.15, 0.2) is 0 Å². The van der Waals surface area contributed by atoms with Crippen molar-refractivity contribution in [2.75, 3.05) is 0 Å². The molecule has 0 unspecified atom stereocenters. The zero-order chi connectivity index (χ0) is 12.2. The van der Waals surface area contributed by atoms with Crippen LogP contribution < -0.4 is 0 Å². The van der Waals surface area contributed by atoms with Gasteiger partial charge >= 0.3 is 0 Å². The summed E-state index contributed by atoms with van der Waals surface area (Å²) in [5.74, 6) is 0. The smallest absolute Gasteiger partial charge is 0.266 e. The molecule has 0 radical (unpaired) electrons. The van der Waals surface area contributed by atoms with Gasteiger partial charge in [0.1, 0.15) is 0 Å². The Bertz CT molecular complexity index is 126. The van der Waals surface area contributed by atoms with E-state index in [2.05, 4.69) is 6.92 Å². The third-order valence-electron chi connectivity index (χ3n) is 2.06. The number of unbranched alkanes of at least 4 members (excludes halogenated alkanes) is 5. The van der Waals surface area contributed by atoms with E-state index in [-0.39, 0.29) is 5.04 Å². The van der Waals surface area contributed by atoms with Gasteiger partial charge in [-0.05, 0) is 0 Å². The van der Waals surface area contributed by atoms with Crippen LogP contribution in [0.25, 0.3) is 0 Å². The maximum absolute atomic E-state index is 10.0. The molecule has 15 heavy (non-hydrogen) atoms. The molecule has 0 aromatic carbocycles. The Kier molecular flexibility index (Phi) is 15.1. The molecule has 3 heteroatoms. The molecule has 0 aliphatic carbocycles. The average Bonchev–Trinajstić information content (AvgIpc) is 2.18. The minimum atomic E-state index is -0.590. The standard InChI is InChI=1S/C8H17.C4H10OSi.Al.2H/c1-3-5-7-8-6-4-2;1-4(2,3)6-5;;;/h1,3-8H2,2H3;6H,1-3H3;;;. The first-order valence-corrected chi connectivity index (χ1v) is 8.90. The van der Waals surface area contributed by atoms with E-state index in [1.54, 1.807) is 0 Å². The van der Waals surface area contributed by atoms with Crippen LogP contribution in [0.3, 0.4) is 0 Å². The molecule has 1 nitrogen and oxygen atoms in total. The van der Waals surface area contributed by atoms with Gasteiger partial charge in [-0.15, -0.1) is 5.28 Å². The summed E-state index contributed by atoms with van der Waals surface area (Å²) in [5.41, 5.74) is 0. The Morgan fingerprint density at radius 1 is 1.00 bits per heavy atom. The fourth-order valence-corrected chi connectivity index (χ4v) is 1.53. The van der Waals surface area contributed by atoms with Crippen molar-refractivity contribution < 1.29 is 4.46 Å². The average molecular weight is 244 g/mol. The van der Waals surface area contributed by atoms with E-state index in [1.165, 1.54) is 60.1 Å². The maximum atomic E-state index is 10.0. The van der Waals surface area contributed by atoms with Gasteiger partial charge in [0.25, 0.3) is 9.41 Å². The largest absolute Gasteiger partial charge is 0.392 e. The van der Waals surface area contributed by atoms with Gasteiger partial charge in [0.15, 0.2) is 0 Å². The molecule has 0 fully saturated rings. The second-order valence-electron chi connectivity index (χ2n) is 5.25. The predicted molar refractivity (Wildman–Crippen MR) is 74.3 cm³/mol. The van der Waals surface area contributed by atoms with E-state index < -0.39 is 9.41 Å². The number of hydrogen-bond donors (Lipinski definition) is 0. The van der Waals surface area contributed by atoms with E-state index in [1.807, 2.05) is 20.8 Å². The van der Waals surface area contributed by atoms with Crippen LogP contribution in [0.2, 0.25) is 10.3 Å². The van der Waals surface area contributed by atoms with Gasteiger partial charge in [-0.2, -0.15) is 0 Å². The highest BCUT2D eigenvalue weighted by molar-refractivity contribution is 6.21. The Morgan fingerprint density at radius 2 is 1.40 bits per heavy atom. The molecule has 0 heterocycles. The van der Waals surface area contributed by atoms with Gasteiger partial charge in [0.05, 0.1) is 0 Å². The summed E-state index contributed by atoms with van der Waals surface area (Å²) in [5, 5.41) is 1.58. The van der Waals surface area contributed by atoms with Crippen LogP contribution in [0.4, 0.5) is 0 Å². The molecule has 90 valence electrons. The first-order chi connectivity index (χ1) is 6.97. The van der Waals surface area contributed by atoms with Gasteiger partial charge in [0, 0.05) is 5.04 Å². The molecule has 0 saturated carbocycles. The molecule has 0 bridgehead atoms. The summed E-state index contributed by atoms with van der Waals surface area (Å²) in [7, 11) is -0.590. The summed E-state index contributed by atoms with van der Waals surface area (Å²) >= 11 is 1.41. The minimum Gasteiger partial charge on any atom is -0.392 e. The van der Waals surface area contributed by atoms with Gasteiger partial charge in [0.2, 0.25) is 16.3 Å². The molecule has 0 spiro atoms. The summed E-state index contributed by atoms with van der Waals surface area (Å²) in [6.45, 7) is 8.17. The van der Waals surface area contributed by atoms with Gasteiger partial charge < -0.3 is 4.46 Å². The number of rotatable bonds is 6. The van der Waals surface area contributed by atoms with Crippen LogP contribution in [-0.2, 0) is 4.46 Å². The van der Waals surface area contributed by atoms with Gasteiger partial charge in [-0.25, -0.2) is 0 Å². The molecule has 0 aromatic rings. The first kappa shape index (κ1) is 17.9. The van der Waals surface area contributed by atoms with Crippen LogP contribution in [0.5, 0.6) is 0 Å². The normalized spacial score (nSPS) is 10.4. The van der Waals surface area contributed by atoms with E-state index in [0.29, 0.717) is 0 Å². The topological polar surface area (TPSA) is 17.1 Å². The Balaban J connectivity index is 0. The van der Waals surface area contributed by atoms with Crippen LogP contribution >= 0.6 is 0 Å². The van der Waals surface area contributed by atoms with E-state index in [9.17, 15) is 4.46 Å². The zero-order valence-electron chi connectivity index (χ0n) is 11.4. The molecular weight excluding hydrogens is 215 g/mol. The van der Waals surface area contributed by atoms with Crippen molar-refractivity contribution in [2.45, 2.75) is 76.5 Å². The lowest BCUT2D eigenvalue weighted by molar-refractivity contribution is 0.547. The van der Waals surface area contributed by atoms with E-state index >= 15 is 0 Å². The molecule has 0 aliphatic heterocycles. The summed E-state index contributed by atoms with van der Waals surface area (Å²) in [6.07, 6.45) is 8.76. The van der Waals surface area contributed by atoms with Crippen molar-refractivity contribution in [3.8, 4) is 0 Å². The summed E-state index contributed by atoms with van der Waals surface area (Å²) < 4.78 is 10.0. The lowest BCUT2D eigenvalue weighted by Crippen LogP contribution is -1.97. The molecule has 0 aromatic heterocycles. The molecule has 0 saturated heterocycles. The SMILES string of the molecule is CC(C)(C)[SiH]=O.CCCCCCC[CH2][AlH2]. The van der Waals surface area contributed by atoms with Crippen molar-refractivity contribution in [2.24, 2.45) is 0 Å². The fourth-order valence-electron chi connectivity index (χ4n) is 1.03. The van der Waals surface area contributed by atoms with Crippen molar-refractivity contribution in [1.29, 1.82) is 0 Å². The molecular formula is C12H29AlOSi. The Morgan fingerprint density at radius 3 is 1.73 bits per heavy atom. The lowest BCUT2D eigenvalue weighted by atomic mass is 10.1. The highest BCUT2D eigenvalue weighted by Gasteiger charge is 2.06. The quantitative estimate of drug-likeness (QED) is 0.517. The molecule has 0 rings (SSSR count). The minimum absolute atomic E-state index is 0.0694. The van der Waals surface area contributed by atoms with Gasteiger partial charge in [-0.3, -0.25) is 0 Å². The monoisotopic (exact) mass is 244 g/mol. The highest BCUT2D eigenvalue weighted by Crippen LogP contribution is 2.15. The summed E-state index contributed by atoms with van der Waals surface area (Å²) in [6, 6.07) is 0. The van der Waals surface area contributed by atoms with Crippen LogP contribution in [-0.4, -0.2) is 25.7 Å². The van der Waals surface area contributed by atoms with Crippen LogP contribution in [0, 0.1) is 0 Å². The molecule has 0 amide bonds. The summed E-state index contributed by atoms with van der Waals surface area (Å²) in [4.78, 5) is 0. The van der Waals surface area contributed by atoms with Crippen LogP contribution in [0.1, 0.15) is 66.2 Å². The predicted octanol–water partition coefficient (Wildman–Crippen LogP) is 3.39. The van der Waals surface area contributed by atoms with Crippen molar-refractivity contribution in [3.63, 3.8) is 0 Å². The van der Waals surface area contributed by atoms with Crippen molar-refractivity contribution >= 4 is 25.7 Å². The Hall–Kier alpha value is 0.549. The Labute approximate surface area is 107 Å². The van der Waals surface area contributed by atoms with Crippen molar-refractivity contribution in [3.05, 3.63) is 0 Å². The third-order valence-corrected chi connectivity index (χ3v) is 3.47. The lowest BCUT2D eigenvalue weighted by Gasteiger charge is -2.02. The van der Waals surface area contributed by atoms with Gasteiger partial charge in [-0.1, -0.05) is 66.2 Å². The highest BCUT2D eigenvalue weighted by atomic mass is 28.2. The number of hydrogen-bond acceptors (Lipinski definition) is 1. The molecule has 0 N–H and O–H groups in total. The third kappa shape index (κ3) is 25.1. The van der Waals surface area contributed by atoms with E-state index in [0.717, 1.165) is 0 Å². The van der Waals surface area contributed by atoms with Crippen molar-refractivity contribution in [1.82, 2.24) is 0 Å². The second kappa shape index (κ2) is 12.6. The second-order valence-corrected chi connectivity index (χ2v) is 8.22. The fraction of sp³-hybridized carbons (Fsp3) is 1.00.